The molecule has 1 aliphatic heterocycles. The highest BCUT2D eigenvalue weighted by atomic mass is 16.7. The molecule has 0 fully saturated rings. The molecule has 3 rings (SSSR count). The monoisotopic (exact) mass is 313 g/mol. The van der Waals surface area contributed by atoms with E-state index in [2.05, 4.69) is 5.32 Å². The Balaban J connectivity index is 1.65. The second kappa shape index (κ2) is 6.60. The summed E-state index contributed by atoms with van der Waals surface area (Å²) in [5.74, 6) is 2.12. The minimum Gasteiger partial charge on any atom is -0.496 e. The van der Waals surface area contributed by atoms with E-state index in [0.717, 1.165) is 22.6 Å². The predicted octanol–water partition coefficient (Wildman–Crippen LogP) is 2.84. The highest BCUT2D eigenvalue weighted by Gasteiger charge is 2.17. The van der Waals surface area contributed by atoms with Gasteiger partial charge in [0.2, 0.25) is 12.7 Å². The molecule has 1 heterocycles. The van der Waals surface area contributed by atoms with Crippen molar-refractivity contribution in [1.29, 1.82) is 0 Å². The summed E-state index contributed by atoms with van der Waals surface area (Å²) >= 11 is 0. The maximum atomic E-state index is 12.3. The van der Waals surface area contributed by atoms with Gasteiger partial charge in [0, 0.05) is 5.56 Å². The van der Waals surface area contributed by atoms with Gasteiger partial charge in [0.25, 0.3) is 0 Å². The fraction of sp³-hybridized carbons (Fsp3) is 0.278. The van der Waals surface area contributed by atoms with E-state index in [9.17, 15) is 4.79 Å². The van der Waals surface area contributed by atoms with Crippen LogP contribution in [0, 0.1) is 0 Å². The predicted molar refractivity (Wildman–Crippen MR) is 85.8 cm³/mol. The minimum atomic E-state index is -0.119. The third-order valence-electron chi connectivity index (χ3n) is 3.82. The van der Waals surface area contributed by atoms with Crippen molar-refractivity contribution in [2.24, 2.45) is 0 Å². The number of fused-ring (bicyclic) bond motifs is 1. The van der Waals surface area contributed by atoms with Gasteiger partial charge in [-0.1, -0.05) is 24.3 Å². The molecule has 1 unspecified atom stereocenters. The van der Waals surface area contributed by atoms with Crippen molar-refractivity contribution in [2.45, 2.75) is 19.4 Å². The summed E-state index contributed by atoms with van der Waals surface area (Å²) in [6.45, 7) is 2.19. The molecule has 0 saturated carbocycles. The summed E-state index contributed by atoms with van der Waals surface area (Å²) in [5, 5.41) is 3.00. The first-order valence-electron chi connectivity index (χ1n) is 7.48. The first-order valence-corrected chi connectivity index (χ1v) is 7.48. The van der Waals surface area contributed by atoms with Crippen molar-refractivity contribution in [3.63, 3.8) is 0 Å². The summed E-state index contributed by atoms with van der Waals surface area (Å²) in [7, 11) is 1.60. The molecule has 0 spiro atoms. The van der Waals surface area contributed by atoms with Crippen LogP contribution in [0.1, 0.15) is 24.1 Å². The molecular weight excluding hydrogens is 294 g/mol. The standard InChI is InChI=1S/C18H19NO4/c1-12(13-7-8-16-17(9-13)23-11-22-16)19-18(20)10-14-5-3-4-6-15(14)21-2/h3-9,12H,10-11H2,1-2H3,(H,19,20). The van der Waals surface area contributed by atoms with E-state index in [0.29, 0.717) is 5.75 Å². The number of carbonyl (C=O) groups is 1. The topological polar surface area (TPSA) is 56.8 Å². The lowest BCUT2D eigenvalue weighted by atomic mass is 10.1. The minimum absolute atomic E-state index is 0.0559. The Morgan fingerprint density at radius 1 is 1.22 bits per heavy atom. The van der Waals surface area contributed by atoms with Gasteiger partial charge in [0.1, 0.15) is 5.75 Å². The van der Waals surface area contributed by atoms with Crippen molar-refractivity contribution in [3.05, 3.63) is 53.6 Å². The number of benzene rings is 2. The quantitative estimate of drug-likeness (QED) is 0.922. The lowest BCUT2D eigenvalue weighted by molar-refractivity contribution is -0.121. The van der Waals surface area contributed by atoms with Crippen molar-refractivity contribution < 1.29 is 19.0 Å². The Kier molecular flexibility index (Phi) is 4.37. The van der Waals surface area contributed by atoms with E-state index in [1.165, 1.54) is 0 Å². The molecule has 23 heavy (non-hydrogen) atoms. The first-order chi connectivity index (χ1) is 11.2. The van der Waals surface area contributed by atoms with Crippen LogP contribution < -0.4 is 19.5 Å². The van der Waals surface area contributed by atoms with Gasteiger partial charge in [-0.05, 0) is 30.7 Å². The smallest absolute Gasteiger partial charge is 0.231 e. The number of amides is 1. The van der Waals surface area contributed by atoms with Crippen molar-refractivity contribution in [1.82, 2.24) is 5.32 Å². The fourth-order valence-corrected chi connectivity index (χ4v) is 2.58. The van der Waals surface area contributed by atoms with E-state index in [4.69, 9.17) is 14.2 Å². The summed E-state index contributed by atoms with van der Waals surface area (Å²) in [6, 6.07) is 13.1. The van der Waals surface area contributed by atoms with Gasteiger partial charge in [0.15, 0.2) is 11.5 Å². The van der Waals surface area contributed by atoms with Gasteiger partial charge in [-0.25, -0.2) is 0 Å². The number of ether oxygens (including phenoxy) is 3. The Labute approximate surface area is 135 Å². The van der Waals surface area contributed by atoms with E-state index in [1.54, 1.807) is 7.11 Å². The van der Waals surface area contributed by atoms with Crippen molar-refractivity contribution in [3.8, 4) is 17.2 Å². The Bertz CT molecular complexity index is 714. The largest absolute Gasteiger partial charge is 0.496 e. The molecule has 5 heteroatoms. The molecule has 2 aromatic rings. The maximum absolute atomic E-state index is 12.3. The molecule has 2 aromatic carbocycles. The van der Waals surface area contributed by atoms with Crippen LogP contribution in [-0.4, -0.2) is 19.8 Å². The highest BCUT2D eigenvalue weighted by molar-refractivity contribution is 5.79. The van der Waals surface area contributed by atoms with Crippen molar-refractivity contribution >= 4 is 5.91 Å². The van der Waals surface area contributed by atoms with E-state index < -0.39 is 0 Å². The molecule has 120 valence electrons. The molecule has 1 N–H and O–H groups in total. The summed E-state index contributed by atoms with van der Waals surface area (Å²) in [4.78, 5) is 12.3. The van der Waals surface area contributed by atoms with Crippen LogP contribution in [-0.2, 0) is 11.2 Å². The van der Waals surface area contributed by atoms with Crippen LogP contribution >= 0.6 is 0 Å². The normalized spacial score (nSPS) is 13.5. The molecule has 1 aliphatic rings. The number of hydrogen-bond donors (Lipinski definition) is 1. The van der Waals surface area contributed by atoms with Crippen LogP contribution in [0.5, 0.6) is 17.2 Å². The maximum Gasteiger partial charge on any atom is 0.231 e. The average molecular weight is 313 g/mol. The van der Waals surface area contributed by atoms with Gasteiger partial charge in [-0.3, -0.25) is 4.79 Å². The fourth-order valence-electron chi connectivity index (χ4n) is 2.58. The van der Waals surface area contributed by atoms with Gasteiger partial charge in [0.05, 0.1) is 19.6 Å². The molecule has 1 amide bonds. The van der Waals surface area contributed by atoms with Crippen LogP contribution in [0.4, 0.5) is 0 Å². The third-order valence-corrected chi connectivity index (χ3v) is 3.82. The molecule has 0 saturated heterocycles. The number of rotatable bonds is 5. The second-order valence-corrected chi connectivity index (χ2v) is 5.39. The second-order valence-electron chi connectivity index (χ2n) is 5.39. The van der Waals surface area contributed by atoms with Crippen LogP contribution in [0.15, 0.2) is 42.5 Å². The number of methoxy groups -OCH3 is 1. The molecule has 5 nitrogen and oxygen atoms in total. The highest BCUT2D eigenvalue weighted by Crippen LogP contribution is 2.34. The zero-order valence-electron chi connectivity index (χ0n) is 13.2. The van der Waals surface area contributed by atoms with Gasteiger partial charge in [-0.15, -0.1) is 0 Å². The number of para-hydroxylation sites is 1. The van der Waals surface area contributed by atoms with Crippen LogP contribution in [0.2, 0.25) is 0 Å². The average Bonchev–Trinajstić information content (AvgIpc) is 3.02. The van der Waals surface area contributed by atoms with Crippen molar-refractivity contribution in [2.75, 3.05) is 13.9 Å². The molecular formula is C18H19NO4. The number of hydrogen-bond acceptors (Lipinski definition) is 4. The Hall–Kier alpha value is -2.69. The first kappa shape index (κ1) is 15.2. The van der Waals surface area contributed by atoms with Gasteiger partial charge in [-0.2, -0.15) is 0 Å². The number of nitrogens with one attached hydrogen (secondary N) is 1. The summed E-state index contributed by atoms with van der Waals surface area (Å²) in [5.41, 5.74) is 1.84. The Morgan fingerprint density at radius 2 is 2.00 bits per heavy atom. The lowest BCUT2D eigenvalue weighted by Crippen LogP contribution is -2.28. The van der Waals surface area contributed by atoms with E-state index >= 15 is 0 Å². The van der Waals surface area contributed by atoms with Gasteiger partial charge < -0.3 is 19.5 Å². The molecule has 0 bridgehead atoms. The lowest BCUT2D eigenvalue weighted by Gasteiger charge is -2.15. The molecule has 0 radical (unpaired) electrons. The zero-order chi connectivity index (χ0) is 16.2. The third kappa shape index (κ3) is 3.39. The molecule has 0 aliphatic carbocycles. The Morgan fingerprint density at radius 3 is 2.83 bits per heavy atom. The van der Waals surface area contributed by atoms with Crippen LogP contribution in [0.3, 0.4) is 0 Å². The molecule has 1 atom stereocenters. The van der Waals surface area contributed by atoms with Crippen LogP contribution in [0.25, 0.3) is 0 Å². The summed E-state index contributed by atoms with van der Waals surface area (Å²) < 4.78 is 15.9. The number of carbonyl (C=O) groups excluding carboxylic acids is 1. The molecule has 0 aromatic heterocycles. The van der Waals surface area contributed by atoms with E-state index in [1.807, 2.05) is 49.4 Å². The zero-order valence-corrected chi connectivity index (χ0v) is 13.2. The summed E-state index contributed by atoms with van der Waals surface area (Å²) in [6.07, 6.45) is 0.277. The SMILES string of the molecule is COc1ccccc1CC(=O)NC(C)c1ccc2c(c1)OCO2. The van der Waals surface area contributed by atoms with E-state index in [-0.39, 0.29) is 25.2 Å². The van der Waals surface area contributed by atoms with Gasteiger partial charge >= 0.3 is 0 Å².